The van der Waals surface area contributed by atoms with E-state index in [0.29, 0.717) is 56.2 Å². The quantitative estimate of drug-likeness (QED) is 0.182. The molecule has 6 aromatic heterocycles. The molecule has 6 aromatic rings. The molecule has 2 aliphatic heterocycles. The summed E-state index contributed by atoms with van der Waals surface area (Å²) in [5, 5.41) is 9.76. The van der Waals surface area contributed by atoms with Crippen LogP contribution >= 0.6 is 22.7 Å². The second-order valence-corrected chi connectivity index (χ2v) is 16.1. The van der Waals surface area contributed by atoms with Gasteiger partial charge in [0.2, 0.25) is 17.8 Å². The standard InChI is InChI=1S/C21H23N5O2S.C13H16FN3O2.C8H8N2S/c1-14(27)25(2)18-5-7-26(13-18)21(28)16-3-4-19(23-11-16)24-12-17-10-22-9-15-6-8-29-20(15)17;1-9(18)16(2)11-5-6-17(8-11)13(19)10-3-4-12(14)15-7-10;9-3-7-5-10-4-6-1-2-11-8(6)7/h3-4,6,8-11,18H,5,7,12-13H2,1-2H3,(H,23,24);3-4,7,11H,5-6,8H2,1-2H3;1-2,4-5H,3,9H2/t18-;11-;/m00./s1. The van der Waals surface area contributed by atoms with E-state index in [9.17, 15) is 23.6 Å². The molecule has 0 unspecified atom stereocenters. The molecule has 0 spiro atoms. The van der Waals surface area contributed by atoms with Gasteiger partial charge in [-0.2, -0.15) is 4.39 Å². The first-order valence-electron chi connectivity index (χ1n) is 19.1. The first-order chi connectivity index (χ1) is 28.4. The number of aromatic nitrogens is 4. The summed E-state index contributed by atoms with van der Waals surface area (Å²) in [6.07, 6.45) is 11.8. The average Bonchev–Trinajstić information content (AvgIpc) is 4.10. The zero-order chi connectivity index (χ0) is 42.1. The van der Waals surface area contributed by atoms with E-state index in [1.807, 2.05) is 30.9 Å². The molecule has 0 bridgehead atoms. The Balaban J connectivity index is 0.000000166. The average molecular weight is 839 g/mol. The lowest BCUT2D eigenvalue weighted by Crippen LogP contribution is -2.38. The molecule has 2 atom stereocenters. The molecule has 59 heavy (non-hydrogen) atoms. The Morgan fingerprint density at radius 2 is 1.24 bits per heavy atom. The molecule has 308 valence electrons. The molecule has 2 aliphatic rings. The monoisotopic (exact) mass is 838 g/mol. The number of fused-ring (bicyclic) bond motifs is 2. The van der Waals surface area contributed by atoms with Gasteiger partial charge in [-0.25, -0.2) is 9.97 Å². The lowest BCUT2D eigenvalue weighted by atomic mass is 10.2. The second-order valence-electron chi connectivity index (χ2n) is 14.3. The van der Waals surface area contributed by atoms with Crippen LogP contribution in [0.5, 0.6) is 0 Å². The summed E-state index contributed by atoms with van der Waals surface area (Å²) in [6.45, 7) is 6.57. The predicted molar refractivity (Wildman–Crippen MR) is 228 cm³/mol. The molecule has 8 rings (SSSR count). The fourth-order valence-corrected chi connectivity index (χ4v) is 8.62. The Hall–Kier alpha value is -5.91. The van der Waals surface area contributed by atoms with Crippen molar-refractivity contribution in [2.24, 2.45) is 5.73 Å². The number of nitrogens with two attached hydrogens (primary N) is 1. The van der Waals surface area contributed by atoms with E-state index in [2.05, 4.69) is 48.1 Å². The van der Waals surface area contributed by atoms with Crippen molar-refractivity contribution >= 4 is 72.3 Å². The van der Waals surface area contributed by atoms with Gasteiger partial charge in [0.05, 0.1) is 23.2 Å². The number of likely N-dealkylation sites (tertiary alicyclic amines) is 2. The van der Waals surface area contributed by atoms with Crippen LogP contribution in [0.2, 0.25) is 0 Å². The number of hydrogen-bond donors (Lipinski definition) is 2. The number of hydrogen-bond acceptors (Lipinski definition) is 12. The number of nitrogens with one attached hydrogen (secondary N) is 1. The van der Waals surface area contributed by atoms with Crippen molar-refractivity contribution in [3.63, 3.8) is 0 Å². The van der Waals surface area contributed by atoms with E-state index in [1.54, 1.807) is 75.6 Å². The van der Waals surface area contributed by atoms with Crippen LogP contribution in [0.4, 0.5) is 10.2 Å². The van der Waals surface area contributed by atoms with E-state index in [0.717, 1.165) is 29.4 Å². The zero-order valence-electron chi connectivity index (χ0n) is 33.4. The van der Waals surface area contributed by atoms with Crippen LogP contribution in [-0.4, -0.2) is 116 Å². The normalized spacial score (nSPS) is 15.9. The molecule has 17 heteroatoms. The molecular formula is C42H47FN10O4S2. The van der Waals surface area contributed by atoms with Gasteiger partial charge in [-0.15, -0.1) is 22.7 Å². The van der Waals surface area contributed by atoms with Gasteiger partial charge in [0, 0.05) is 136 Å². The Bertz CT molecular complexity index is 2390. The minimum absolute atomic E-state index is 0.0113. The van der Waals surface area contributed by atoms with E-state index in [4.69, 9.17) is 5.73 Å². The second kappa shape index (κ2) is 19.7. The van der Waals surface area contributed by atoms with Gasteiger partial charge in [-0.05, 0) is 60.0 Å². The van der Waals surface area contributed by atoms with Gasteiger partial charge in [0.1, 0.15) is 5.82 Å². The van der Waals surface area contributed by atoms with Crippen molar-refractivity contribution in [3.8, 4) is 0 Å². The van der Waals surface area contributed by atoms with Crippen molar-refractivity contribution in [2.75, 3.05) is 45.6 Å². The van der Waals surface area contributed by atoms with Crippen LogP contribution in [-0.2, 0) is 22.7 Å². The Morgan fingerprint density at radius 1 is 0.729 bits per heavy atom. The van der Waals surface area contributed by atoms with Crippen molar-refractivity contribution in [1.82, 2.24) is 39.5 Å². The van der Waals surface area contributed by atoms with E-state index in [1.165, 1.54) is 40.0 Å². The summed E-state index contributed by atoms with van der Waals surface area (Å²) >= 11 is 3.42. The minimum Gasteiger partial charge on any atom is -0.366 e. The molecule has 0 saturated carbocycles. The van der Waals surface area contributed by atoms with Crippen molar-refractivity contribution < 1.29 is 23.6 Å². The third kappa shape index (κ3) is 10.6. The van der Waals surface area contributed by atoms with Gasteiger partial charge >= 0.3 is 0 Å². The summed E-state index contributed by atoms with van der Waals surface area (Å²) < 4.78 is 15.2. The summed E-state index contributed by atoms with van der Waals surface area (Å²) in [4.78, 5) is 70.8. The van der Waals surface area contributed by atoms with Crippen LogP contribution in [0.15, 0.2) is 84.3 Å². The maximum absolute atomic E-state index is 12.7. The Kier molecular flexibility index (Phi) is 14.2. The summed E-state index contributed by atoms with van der Waals surface area (Å²) in [7, 11) is 3.52. The highest BCUT2D eigenvalue weighted by Crippen LogP contribution is 2.25. The highest BCUT2D eigenvalue weighted by Gasteiger charge is 2.31. The van der Waals surface area contributed by atoms with Crippen LogP contribution < -0.4 is 11.1 Å². The van der Waals surface area contributed by atoms with Gasteiger partial charge in [0.25, 0.3) is 11.8 Å². The topological polar surface area (TPSA) is 171 Å². The van der Waals surface area contributed by atoms with Gasteiger partial charge < -0.3 is 30.7 Å². The number of thiophene rings is 2. The number of carbonyl (C=O) groups is 4. The maximum atomic E-state index is 12.7. The molecule has 0 aromatic carbocycles. The Morgan fingerprint density at radius 3 is 1.71 bits per heavy atom. The lowest BCUT2D eigenvalue weighted by molar-refractivity contribution is -0.130. The lowest BCUT2D eigenvalue weighted by Gasteiger charge is -2.23. The predicted octanol–water partition coefficient (Wildman–Crippen LogP) is 5.66. The fraction of sp³-hybridized carbons (Fsp3) is 0.333. The molecule has 4 amide bonds. The number of pyridine rings is 4. The number of likely N-dealkylation sites (N-methyl/N-ethyl adjacent to an activating group) is 2. The molecule has 14 nitrogen and oxygen atoms in total. The molecule has 8 heterocycles. The molecule has 0 aliphatic carbocycles. The van der Waals surface area contributed by atoms with Gasteiger partial charge in [0.15, 0.2) is 0 Å². The number of amides is 4. The summed E-state index contributed by atoms with van der Waals surface area (Å²) in [5.74, 6) is -0.0986. The van der Waals surface area contributed by atoms with Crippen molar-refractivity contribution in [3.05, 3.63) is 113 Å². The summed E-state index contributed by atoms with van der Waals surface area (Å²) in [6, 6.07) is 10.5. The van der Waals surface area contributed by atoms with E-state index in [-0.39, 0.29) is 35.7 Å². The number of nitrogens with zero attached hydrogens (tertiary/aromatic N) is 8. The van der Waals surface area contributed by atoms with Crippen LogP contribution in [0.1, 0.15) is 58.5 Å². The SMILES string of the molecule is CC(=O)N(C)[C@H]1CCN(C(=O)c2ccc(F)nc2)C1.CC(=O)N(C)[C@H]1CCN(C(=O)c2ccc(NCc3cncc4ccsc34)nc2)C1.NCc1cncc2ccsc12. The smallest absolute Gasteiger partial charge is 0.255 e. The number of rotatable bonds is 8. The van der Waals surface area contributed by atoms with Crippen LogP contribution in [0.25, 0.3) is 20.2 Å². The van der Waals surface area contributed by atoms with Crippen molar-refractivity contribution in [2.45, 2.75) is 51.9 Å². The fourth-order valence-electron chi connectivity index (χ4n) is 6.84. The Labute approximate surface area is 349 Å². The van der Waals surface area contributed by atoms with E-state index >= 15 is 0 Å². The van der Waals surface area contributed by atoms with Gasteiger partial charge in [-0.1, -0.05) is 0 Å². The molecule has 3 N–H and O–H groups in total. The molecule has 2 fully saturated rings. The molecule has 0 radical (unpaired) electrons. The molecular weight excluding hydrogens is 792 g/mol. The zero-order valence-corrected chi connectivity index (χ0v) is 35.0. The minimum atomic E-state index is -0.604. The third-order valence-electron chi connectivity index (χ3n) is 10.5. The number of anilines is 1. The highest BCUT2D eigenvalue weighted by atomic mass is 32.1. The first kappa shape index (κ1) is 42.7. The first-order valence-corrected chi connectivity index (χ1v) is 20.9. The third-order valence-corrected chi connectivity index (χ3v) is 12.5. The van der Waals surface area contributed by atoms with Crippen LogP contribution in [0.3, 0.4) is 0 Å². The van der Waals surface area contributed by atoms with E-state index < -0.39 is 5.95 Å². The largest absolute Gasteiger partial charge is 0.366 e. The number of halogens is 1. The van der Waals surface area contributed by atoms with Gasteiger partial charge in [-0.3, -0.25) is 29.1 Å². The molecule has 2 saturated heterocycles. The summed E-state index contributed by atoms with van der Waals surface area (Å²) in [5.41, 5.74) is 8.73. The maximum Gasteiger partial charge on any atom is 0.255 e. The van der Waals surface area contributed by atoms with Crippen molar-refractivity contribution in [1.29, 1.82) is 0 Å². The highest BCUT2D eigenvalue weighted by molar-refractivity contribution is 7.17. The number of carbonyl (C=O) groups excluding carboxylic acids is 4. The van der Waals surface area contributed by atoms with Crippen LogP contribution in [0, 0.1) is 5.95 Å².